The molecule has 2 N–H and O–H groups in total. The van der Waals surface area contributed by atoms with E-state index >= 15 is 0 Å². The lowest BCUT2D eigenvalue weighted by Crippen LogP contribution is -2.02. The van der Waals surface area contributed by atoms with Gasteiger partial charge >= 0.3 is 0 Å². The normalized spacial score (nSPS) is 10.2. The molecule has 0 aliphatic rings. The number of nitrogens with zero attached hydrogens (tertiary/aromatic N) is 2. The molecule has 2 aromatic carbocycles. The fraction of sp³-hybridized carbons (Fsp3) is 0.200. The number of methoxy groups -OCH3 is 3. The van der Waals surface area contributed by atoms with Crippen molar-refractivity contribution in [1.82, 2.24) is 9.97 Å². The number of hydrogen-bond donors (Lipinski definition) is 2. The molecule has 7 heteroatoms. The molecule has 0 aliphatic carbocycles. The summed E-state index contributed by atoms with van der Waals surface area (Å²) in [5, 5.41) is 6.54. The van der Waals surface area contributed by atoms with Crippen molar-refractivity contribution < 1.29 is 14.2 Å². The van der Waals surface area contributed by atoms with Gasteiger partial charge in [-0.25, -0.2) is 9.97 Å². The highest BCUT2D eigenvalue weighted by Crippen LogP contribution is 2.31. The number of aromatic nitrogens is 2. The Labute approximate surface area is 158 Å². The predicted molar refractivity (Wildman–Crippen MR) is 106 cm³/mol. The van der Waals surface area contributed by atoms with E-state index < -0.39 is 0 Å². The molecule has 0 unspecified atom stereocenters. The first-order valence-corrected chi connectivity index (χ1v) is 8.37. The van der Waals surface area contributed by atoms with Crippen molar-refractivity contribution in [2.45, 2.75) is 6.92 Å². The third-order valence-electron chi connectivity index (χ3n) is 3.86. The van der Waals surface area contributed by atoms with E-state index in [9.17, 15) is 0 Å². The lowest BCUT2D eigenvalue weighted by atomic mass is 10.2. The Hall–Kier alpha value is -3.48. The molecule has 0 radical (unpaired) electrons. The van der Waals surface area contributed by atoms with Gasteiger partial charge in [-0.15, -0.1) is 0 Å². The Balaban J connectivity index is 1.80. The first kappa shape index (κ1) is 18.3. The molecule has 0 saturated heterocycles. The molecule has 0 amide bonds. The molecule has 0 saturated carbocycles. The minimum absolute atomic E-state index is 0.643. The monoisotopic (exact) mass is 366 g/mol. The van der Waals surface area contributed by atoms with Crippen LogP contribution in [0.1, 0.15) is 5.82 Å². The van der Waals surface area contributed by atoms with Gasteiger partial charge in [-0.1, -0.05) is 0 Å². The van der Waals surface area contributed by atoms with E-state index in [-0.39, 0.29) is 0 Å². The molecule has 1 aromatic heterocycles. The lowest BCUT2D eigenvalue weighted by Gasteiger charge is -2.12. The molecular weight excluding hydrogens is 344 g/mol. The van der Waals surface area contributed by atoms with Crippen molar-refractivity contribution in [3.8, 4) is 17.2 Å². The zero-order valence-electron chi connectivity index (χ0n) is 15.7. The summed E-state index contributed by atoms with van der Waals surface area (Å²) < 4.78 is 15.8. The number of anilines is 4. The quantitative estimate of drug-likeness (QED) is 0.645. The number of aryl methyl sites for hydroxylation is 1. The summed E-state index contributed by atoms with van der Waals surface area (Å²) >= 11 is 0. The van der Waals surface area contributed by atoms with E-state index in [1.165, 1.54) is 0 Å². The van der Waals surface area contributed by atoms with Crippen molar-refractivity contribution in [3.05, 3.63) is 54.4 Å². The fourth-order valence-electron chi connectivity index (χ4n) is 2.58. The van der Waals surface area contributed by atoms with Gasteiger partial charge in [0, 0.05) is 23.5 Å². The highest BCUT2D eigenvalue weighted by molar-refractivity contribution is 5.65. The number of benzene rings is 2. The maximum Gasteiger partial charge on any atom is 0.162 e. The Morgan fingerprint density at radius 1 is 0.667 bits per heavy atom. The number of rotatable bonds is 7. The second-order valence-electron chi connectivity index (χ2n) is 5.73. The van der Waals surface area contributed by atoms with E-state index in [1.807, 2.05) is 55.5 Å². The second kappa shape index (κ2) is 8.27. The summed E-state index contributed by atoms with van der Waals surface area (Å²) in [6.07, 6.45) is 0. The Morgan fingerprint density at radius 2 is 1.26 bits per heavy atom. The van der Waals surface area contributed by atoms with E-state index in [1.54, 1.807) is 21.3 Å². The standard InChI is InChI=1S/C20H22N4O3/c1-13-21-19(23-14-5-8-16(25-2)9-6-14)12-20(22-13)24-15-7-10-17(26-3)18(11-15)27-4/h5-12H,1-4H3,(H2,21,22,23,24). The zero-order valence-corrected chi connectivity index (χ0v) is 15.7. The molecule has 0 fully saturated rings. The van der Waals surface area contributed by atoms with E-state index in [0.717, 1.165) is 17.1 Å². The second-order valence-corrected chi connectivity index (χ2v) is 5.73. The van der Waals surface area contributed by atoms with Gasteiger partial charge in [0.25, 0.3) is 0 Å². The van der Waals surface area contributed by atoms with Crippen LogP contribution in [0.15, 0.2) is 48.5 Å². The van der Waals surface area contributed by atoms with Crippen LogP contribution in [0.25, 0.3) is 0 Å². The average Bonchev–Trinajstić information content (AvgIpc) is 2.68. The summed E-state index contributed by atoms with van der Waals surface area (Å²) in [7, 11) is 4.85. The Kier molecular flexibility index (Phi) is 5.61. The largest absolute Gasteiger partial charge is 0.497 e. The molecule has 27 heavy (non-hydrogen) atoms. The Bertz CT molecular complexity index is 914. The van der Waals surface area contributed by atoms with Gasteiger partial charge in [-0.3, -0.25) is 0 Å². The highest BCUT2D eigenvalue weighted by atomic mass is 16.5. The summed E-state index contributed by atoms with van der Waals surface area (Å²) in [6, 6.07) is 15.1. The zero-order chi connectivity index (χ0) is 19.2. The van der Waals surface area contributed by atoms with Crippen molar-refractivity contribution in [1.29, 1.82) is 0 Å². The van der Waals surface area contributed by atoms with Gasteiger partial charge in [0.15, 0.2) is 11.5 Å². The van der Waals surface area contributed by atoms with Crippen LogP contribution < -0.4 is 24.8 Å². The molecule has 1 heterocycles. The topological polar surface area (TPSA) is 77.5 Å². The molecule has 0 aliphatic heterocycles. The predicted octanol–water partition coefficient (Wildman–Crippen LogP) is 4.30. The molecular formula is C20H22N4O3. The van der Waals surface area contributed by atoms with Gasteiger partial charge in [-0.05, 0) is 43.3 Å². The summed E-state index contributed by atoms with van der Waals surface area (Å²) in [4.78, 5) is 8.88. The highest BCUT2D eigenvalue weighted by Gasteiger charge is 2.07. The van der Waals surface area contributed by atoms with Crippen molar-refractivity contribution in [2.24, 2.45) is 0 Å². The summed E-state index contributed by atoms with van der Waals surface area (Å²) in [6.45, 7) is 1.85. The molecule has 7 nitrogen and oxygen atoms in total. The fourth-order valence-corrected chi connectivity index (χ4v) is 2.58. The van der Waals surface area contributed by atoms with Crippen molar-refractivity contribution >= 4 is 23.0 Å². The molecule has 3 rings (SSSR count). The van der Waals surface area contributed by atoms with Gasteiger partial charge in [0.2, 0.25) is 0 Å². The van der Waals surface area contributed by atoms with E-state index in [4.69, 9.17) is 14.2 Å². The third kappa shape index (κ3) is 4.58. The number of hydrogen-bond acceptors (Lipinski definition) is 7. The van der Waals surface area contributed by atoms with Crippen LogP contribution in [0.3, 0.4) is 0 Å². The third-order valence-corrected chi connectivity index (χ3v) is 3.86. The van der Waals surface area contributed by atoms with Crippen LogP contribution in [0.4, 0.5) is 23.0 Å². The molecule has 0 bridgehead atoms. The summed E-state index contributed by atoms with van der Waals surface area (Å²) in [5.41, 5.74) is 1.74. The lowest BCUT2D eigenvalue weighted by molar-refractivity contribution is 0.355. The van der Waals surface area contributed by atoms with E-state index in [2.05, 4.69) is 20.6 Å². The molecule has 0 atom stereocenters. The van der Waals surface area contributed by atoms with Gasteiger partial charge in [-0.2, -0.15) is 0 Å². The minimum atomic E-state index is 0.643. The molecule has 140 valence electrons. The minimum Gasteiger partial charge on any atom is -0.497 e. The molecule has 0 spiro atoms. The van der Waals surface area contributed by atoms with Crippen LogP contribution in [0, 0.1) is 6.92 Å². The van der Waals surface area contributed by atoms with Gasteiger partial charge < -0.3 is 24.8 Å². The van der Waals surface area contributed by atoms with Crippen LogP contribution >= 0.6 is 0 Å². The van der Waals surface area contributed by atoms with Gasteiger partial charge in [0.1, 0.15) is 23.2 Å². The van der Waals surface area contributed by atoms with Gasteiger partial charge in [0.05, 0.1) is 21.3 Å². The smallest absolute Gasteiger partial charge is 0.162 e. The maximum absolute atomic E-state index is 5.34. The maximum atomic E-state index is 5.34. The van der Waals surface area contributed by atoms with E-state index in [0.29, 0.717) is 29.0 Å². The van der Waals surface area contributed by atoms with Crippen LogP contribution in [-0.2, 0) is 0 Å². The SMILES string of the molecule is COc1ccc(Nc2cc(Nc3ccc(OC)c(OC)c3)nc(C)n2)cc1. The summed E-state index contributed by atoms with van der Waals surface area (Å²) in [5.74, 6) is 4.13. The molecule has 3 aromatic rings. The first-order valence-electron chi connectivity index (χ1n) is 8.37. The van der Waals surface area contributed by atoms with Crippen molar-refractivity contribution in [3.63, 3.8) is 0 Å². The Morgan fingerprint density at radius 3 is 1.85 bits per heavy atom. The average molecular weight is 366 g/mol. The first-order chi connectivity index (χ1) is 13.1. The van der Waals surface area contributed by atoms with Crippen molar-refractivity contribution in [2.75, 3.05) is 32.0 Å². The van der Waals surface area contributed by atoms with Crippen LogP contribution in [0.5, 0.6) is 17.2 Å². The van der Waals surface area contributed by atoms with Crippen LogP contribution in [0.2, 0.25) is 0 Å². The van der Waals surface area contributed by atoms with Crippen LogP contribution in [-0.4, -0.2) is 31.3 Å². The number of nitrogens with one attached hydrogen (secondary N) is 2. The number of ether oxygens (including phenoxy) is 3.